The molecule has 9 heteroatoms. The normalized spacial score (nSPS) is 11.3. The number of rotatable bonds is 3. The average molecular weight is 311 g/mol. The first kappa shape index (κ1) is 16.2. The Hall–Kier alpha value is -1.82. The summed E-state index contributed by atoms with van der Waals surface area (Å²) in [5.74, 6) is -1.16. The highest BCUT2D eigenvalue weighted by Gasteiger charge is 2.31. The monoisotopic (exact) mass is 311 g/mol. The Labute approximate surface area is 114 Å². The molecule has 0 radical (unpaired) electrons. The molecular weight excluding hydrogens is 305 g/mol. The Kier molecular flexibility index (Phi) is 4.94. The van der Waals surface area contributed by atoms with E-state index in [1.165, 1.54) is 6.07 Å². The van der Waals surface area contributed by atoms with E-state index in [1.807, 2.05) is 0 Å². The molecule has 0 spiro atoms. The number of benzene rings is 1. The third-order valence-electron chi connectivity index (χ3n) is 2.13. The Morgan fingerprint density at radius 1 is 1.40 bits per heavy atom. The van der Waals surface area contributed by atoms with Crippen LogP contribution < -0.4 is 0 Å². The predicted octanol–water partition coefficient (Wildman–Crippen LogP) is 3.89. The van der Waals surface area contributed by atoms with Gasteiger partial charge in [-0.05, 0) is 23.9 Å². The zero-order valence-corrected chi connectivity index (χ0v) is 10.6. The minimum absolute atomic E-state index is 0.536. The lowest BCUT2D eigenvalue weighted by atomic mass is 10.0. The second kappa shape index (κ2) is 6.09. The molecule has 20 heavy (non-hydrogen) atoms. The maximum atomic E-state index is 12.8. The van der Waals surface area contributed by atoms with E-state index in [-0.39, 0.29) is 0 Å². The summed E-state index contributed by atoms with van der Waals surface area (Å²) in [5, 5.41) is 8.80. The number of methoxy groups -OCH3 is 1. The van der Waals surface area contributed by atoms with Gasteiger partial charge in [0.25, 0.3) is 6.43 Å². The van der Waals surface area contributed by atoms with E-state index in [4.69, 9.17) is 5.26 Å². The van der Waals surface area contributed by atoms with Gasteiger partial charge in [-0.3, -0.25) is 0 Å². The summed E-state index contributed by atoms with van der Waals surface area (Å²) in [5.41, 5.74) is -6.97. The van der Waals surface area contributed by atoms with Gasteiger partial charge in [0.05, 0.1) is 18.2 Å². The molecule has 0 amide bonds. The van der Waals surface area contributed by atoms with Crippen molar-refractivity contribution in [3.63, 3.8) is 0 Å². The molecule has 0 aliphatic carbocycles. The Morgan fingerprint density at radius 3 is 2.40 bits per heavy atom. The van der Waals surface area contributed by atoms with Crippen LogP contribution in [0.25, 0.3) is 0 Å². The smallest absolute Gasteiger partial charge is 0.446 e. The van der Waals surface area contributed by atoms with Gasteiger partial charge in [-0.1, -0.05) is 0 Å². The first-order valence-corrected chi connectivity index (χ1v) is 5.71. The van der Waals surface area contributed by atoms with Crippen LogP contribution in [0.2, 0.25) is 0 Å². The Morgan fingerprint density at radius 2 is 2.00 bits per heavy atom. The summed E-state index contributed by atoms with van der Waals surface area (Å²) in [7, 11) is 0.926. The number of ether oxygens (including phenoxy) is 1. The first-order chi connectivity index (χ1) is 9.19. The van der Waals surface area contributed by atoms with E-state index in [9.17, 15) is 26.7 Å². The number of nitriles is 1. The fourth-order valence-corrected chi connectivity index (χ4v) is 2.03. The van der Waals surface area contributed by atoms with Gasteiger partial charge < -0.3 is 4.74 Å². The van der Waals surface area contributed by atoms with E-state index in [0.29, 0.717) is 12.1 Å². The van der Waals surface area contributed by atoms with Gasteiger partial charge in [0.15, 0.2) is 0 Å². The van der Waals surface area contributed by atoms with Crippen molar-refractivity contribution < 1.29 is 31.5 Å². The lowest BCUT2D eigenvalue weighted by Crippen LogP contribution is -2.08. The zero-order chi connectivity index (χ0) is 15.5. The highest BCUT2D eigenvalue weighted by molar-refractivity contribution is 8.00. The average Bonchev–Trinajstić information content (AvgIpc) is 2.34. The third kappa shape index (κ3) is 3.84. The second-order valence-corrected chi connectivity index (χ2v) is 4.53. The summed E-state index contributed by atoms with van der Waals surface area (Å²) in [6.07, 6.45) is -3.19. The number of esters is 1. The van der Waals surface area contributed by atoms with Crippen molar-refractivity contribution in [3.8, 4) is 6.07 Å². The quantitative estimate of drug-likeness (QED) is 0.483. The molecule has 0 heterocycles. The molecule has 0 fully saturated rings. The van der Waals surface area contributed by atoms with Crippen LogP contribution in [0.15, 0.2) is 17.0 Å². The standard InChI is InChI=1S/C11H6F5NO2S/c1-19-10(18)7-3-5(20-11(14,15)16)2-6(9(12)13)8(7)4-17/h2-3,9H,1H3. The van der Waals surface area contributed by atoms with E-state index in [2.05, 4.69) is 4.74 Å². The maximum absolute atomic E-state index is 12.8. The van der Waals surface area contributed by atoms with Gasteiger partial charge in [0.1, 0.15) is 6.07 Å². The molecule has 108 valence electrons. The molecule has 1 rings (SSSR count). The Bertz CT molecular complexity index is 565. The molecule has 0 aliphatic rings. The van der Waals surface area contributed by atoms with E-state index in [1.54, 1.807) is 0 Å². The van der Waals surface area contributed by atoms with Crippen molar-refractivity contribution in [2.75, 3.05) is 7.11 Å². The highest BCUT2D eigenvalue weighted by atomic mass is 32.2. The molecule has 0 aliphatic heterocycles. The minimum Gasteiger partial charge on any atom is -0.465 e. The van der Waals surface area contributed by atoms with E-state index in [0.717, 1.165) is 7.11 Å². The van der Waals surface area contributed by atoms with Crippen molar-refractivity contribution in [1.29, 1.82) is 5.26 Å². The molecule has 0 unspecified atom stereocenters. The van der Waals surface area contributed by atoms with Gasteiger partial charge in [-0.2, -0.15) is 18.4 Å². The number of thioether (sulfide) groups is 1. The number of carbonyl (C=O) groups is 1. The molecule has 0 saturated heterocycles. The van der Waals surface area contributed by atoms with Crippen molar-refractivity contribution in [2.24, 2.45) is 0 Å². The lowest BCUT2D eigenvalue weighted by Gasteiger charge is -2.12. The van der Waals surface area contributed by atoms with Gasteiger partial charge in [0, 0.05) is 10.5 Å². The van der Waals surface area contributed by atoms with E-state index < -0.39 is 51.3 Å². The zero-order valence-electron chi connectivity index (χ0n) is 9.79. The van der Waals surface area contributed by atoms with Crippen molar-refractivity contribution in [3.05, 3.63) is 28.8 Å². The molecule has 0 N–H and O–H groups in total. The number of nitrogens with zero attached hydrogens (tertiary/aromatic N) is 1. The van der Waals surface area contributed by atoms with Crippen molar-refractivity contribution in [1.82, 2.24) is 0 Å². The fraction of sp³-hybridized carbons (Fsp3) is 0.273. The van der Waals surface area contributed by atoms with Crippen LogP contribution >= 0.6 is 11.8 Å². The SMILES string of the molecule is COC(=O)c1cc(SC(F)(F)F)cc(C(F)F)c1C#N. The van der Waals surface area contributed by atoms with Crippen molar-refractivity contribution >= 4 is 17.7 Å². The third-order valence-corrected chi connectivity index (χ3v) is 2.83. The Balaban J connectivity index is 3.49. The van der Waals surface area contributed by atoms with Crippen LogP contribution in [0, 0.1) is 11.3 Å². The molecule has 1 aromatic carbocycles. The van der Waals surface area contributed by atoms with Crippen LogP contribution in [0.4, 0.5) is 22.0 Å². The van der Waals surface area contributed by atoms with Crippen LogP contribution in [-0.2, 0) is 4.74 Å². The minimum atomic E-state index is -4.71. The molecule has 0 bridgehead atoms. The van der Waals surface area contributed by atoms with Gasteiger partial charge in [-0.25, -0.2) is 13.6 Å². The molecule has 1 aromatic rings. The summed E-state index contributed by atoms with van der Waals surface area (Å²) in [6, 6.07) is 2.62. The lowest BCUT2D eigenvalue weighted by molar-refractivity contribution is -0.0328. The maximum Gasteiger partial charge on any atom is 0.446 e. The topological polar surface area (TPSA) is 50.1 Å². The van der Waals surface area contributed by atoms with Crippen LogP contribution in [0.3, 0.4) is 0 Å². The molecule has 0 saturated carbocycles. The molecule has 0 atom stereocenters. The number of carbonyl (C=O) groups excluding carboxylic acids is 1. The summed E-state index contributed by atoms with van der Waals surface area (Å²) in [6.45, 7) is 0. The number of halogens is 5. The van der Waals surface area contributed by atoms with Gasteiger partial charge in [-0.15, -0.1) is 0 Å². The number of hydrogen-bond donors (Lipinski definition) is 0. The predicted molar refractivity (Wildman–Crippen MR) is 59.4 cm³/mol. The highest BCUT2D eigenvalue weighted by Crippen LogP contribution is 2.39. The van der Waals surface area contributed by atoms with Gasteiger partial charge >= 0.3 is 11.5 Å². The number of hydrogen-bond acceptors (Lipinski definition) is 4. The summed E-state index contributed by atoms with van der Waals surface area (Å²) in [4.78, 5) is 10.8. The largest absolute Gasteiger partial charge is 0.465 e. The van der Waals surface area contributed by atoms with Crippen LogP contribution in [0.5, 0.6) is 0 Å². The molecule has 0 aromatic heterocycles. The van der Waals surface area contributed by atoms with Crippen LogP contribution in [0.1, 0.15) is 27.9 Å². The summed E-state index contributed by atoms with van der Waals surface area (Å²) >= 11 is -0.657. The van der Waals surface area contributed by atoms with Gasteiger partial charge in [0.2, 0.25) is 0 Å². The van der Waals surface area contributed by atoms with Crippen LogP contribution in [-0.4, -0.2) is 18.6 Å². The van der Waals surface area contributed by atoms with Crippen molar-refractivity contribution in [2.45, 2.75) is 16.8 Å². The first-order valence-electron chi connectivity index (χ1n) is 4.90. The fourth-order valence-electron chi connectivity index (χ4n) is 1.40. The number of alkyl halides is 5. The second-order valence-electron chi connectivity index (χ2n) is 3.39. The van der Waals surface area contributed by atoms with E-state index >= 15 is 0 Å². The summed E-state index contributed by atoms with van der Waals surface area (Å²) < 4.78 is 66.6. The molecular formula is C11H6F5NO2S. The molecule has 3 nitrogen and oxygen atoms in total.